The standard InChI is InChI=1S/C11H9FN2O/c1-8-11(14-7-6-13-8)15-10-4-2-9(12)3-5-10/h2-7H,1H3. The lowest BCUT2D eigenvalue weighted by Crippen LogP contribution is -1.92. The minimum absolute atomic E-state index is 0.293. The Bertz CT molecular complexity index is 456. The first-order valence-corrected chi connectivity index (χ1v) is 4.47. The van der Waals surface area contributed by atoms with Crippen LogP contribution in [-0.4, -0.2) is 9.97 Å². The molecule has 15 heavy (non-hydrogen) atoms. The molecule has 0 aliphatic carbocycles. The van der Waals surface area contributed by atoms with E-state index in [1.54, 1.807) is 31.5 Å². The number of ether oxygens (including phenoxy) is 1. The summed E-state index contributed by atoms with van der Waals surface area (Å²) in [5, 5.41) is 0. The number of nitrogens with zero attached hydrogens (tertiary/aromatic N) is 2. The Kier molecular flexibility index (Phi) is 2.58. The molecule has 1 heterocycles. The van der Waals surface area contributed by atoms with E-state index in [4.69, 9.17) is 4.74 Å². The molecule has 0 unspecified atom stereocenters. The average molecular weight is 204 g/mol. The van der Waals surface area contributed by atoms with E-state index in [-0.39, 0.29) is 5.82 Å². The zero-order valence-corrected chi connectivity index (χ0v) is 8.14. The van der Waals surface area contributed by atoms with Gasteiger partial charge in [0.15, 0.2) is 0 Å². The Morgan fingerprint density at radius 2 is 1.73 bits per heavy atom. The minimum Gasteiger partial charge on any atom is -0.437 e. The third-order valence-corrected chi connectivity index (χ3v) is 1.86. The largest absolute Gasteiger partial charge is 0.437 e. The third kappa shape index (κ3) is 2.28. The molecule has 0 aliphatic heterocycles. The molecule has 0 N–H and O–H groups in total. The molecule has 0 bridgehead atoms. The molecule has 1 aromatic carbocycles. The van der Waals surface area contributed by atoms with Crippen LogP contribution in [-0.2, 0) is 0 Å². The Hall–Kier alpha value is -1.97. The molecule has 2 aromatic rings. The molecule has 0 fully saturated rings. The highest BCUT2D eigenvalue weighted by Crippen LogP contribution is 2.20. The normalized spacial score (nSPS) is 10.0. The third-order valence-electron chi connectivity index (χ3n) is 1.86. The number of aromatic nitrogens is 2. The Morgan fingerprint density at radius 1 is 1.07 bits per heavy atom. The average Bonchev–Trinajstić information content (AvgIpc) is 2.25. The van der Waals surface area contributed by atoms with Crippen molar-refractivity contribution in [1.82, 2.24) is 9.97 Å². The molecule has 0 atom stereocenters. The summed E-state index contributed by atoms with van der Waals surface area (Å²) < 4.78 is 18.0. The number of rotatable bonds is 2. The van der Waals surface area contributed by atoms with Crippen molar-refractivity contribution < 1.29 is 9.13 Å². The number of benzene rings is 1. The van der Waals surface area contributed by atoms with Crippen LogP contribution in [0.2, 0.25) is 0 Å². The lowest BCUT2D eigenvalue weighted by molar-refractivity contribution is 0.453. The van der Waals surface area contributed by atoms with Crippen molar-refractivity contribution in [2.75, 3.05) is 0 Å². The summed E-state index contributed by atoms with van der Waals surface area (Å²) in [5.74, 6) is 0.683. The SMILES string of the molecule is Cc1nccnc1Oc1ccc(F)cc1. The molecule has 0 spiro atoms. The Labute approximate surface area is 86.6 Å². The van der Waals surface area contributed by atoms with Crippen molar-refractivity contribution >= 4 is 0 Å². The molecule has 4 heteroatoms. The first kappa shape index (κ1) is 9.58. The van der Waals surface area contributed by atoms with Gasteiger partial charge in [-0.2, -0.15) is 0 Å². The first-order chi connectivity index (χ1) is 7.25. The molecule has 0 aliphatic rings. The zero-order chi connectivity index (χ0) is 10.7. The van der Waals surface area contributed by atoms with Crippen molar-refractivity contribution in [2.45, 2.75) is 6.92 Å². The molecular formula is C11H9FN2O. The van der Waals surface area contributed by atoms with Gasteiger partial charge in [-0.25, -0.2) is 9.37 Å². The predicted octanol–water partition coefficient (Wildman–Crippen LogP) is 2.72. The summed E-state index contributed by atoms with van der Waals surface area (Å²) in [6.45, 7) is 1.80. The number of hydrogen-bond acceptors (Lipinski definition) is 3. The second kappa shape index (κ2) is 4.04. The van der Waals surface area contributed by atoms with Gasteiger partial charge in [0.2, 0.25) is 5.88 Å². The maximum absolute atomic E-state index is 12.6. The fourth-order valence-electron chi connectivity index (χ4n) is 1.11. The number of halogens is 1. The smallest absolute Gasteiger partial charge is 0.240 e. The van der Waals surface area contributed by atoms with Crippen LogP contribution in [0.4, 0.5) is 4.39 Å². The van der Waals surface area contributed by atoms with Gasteiger partial charge in [-0.05, 0) is 31.2 Å². The fraction of sp³-hybridized carbons (Fsp3) is 0.0909. The monoisotopic (exact) mass is 204 g/mol. The van der Waals surface area contributed by atoms with Gasteiger partial charge in [0.25, 0.3) is 0 Å². The Balaban J connectivity index is 2.22. The van der Waals surface area contributed by atoms with E-state index in [1.165, 1.54) is 12.1 Å². The van der Waals surface area contributed by atoms with Crippen molar-refractivity contribution in [1.29, 1.82) is 0 Å². The van der Waals surface area contributed by atoms with Gasteiger partial charge >= 0.3 is 0 Å². The van der Waals surface area contributed by atoms with Crippen LogP contribution in [0.1, 0.15) is 5.69 Å². The van der Waals surface area contributed by atoms with E-state index in [0.29, 0.717) is 17.3 Å². The van der Waals surface area contributed by atoms with E-state index in [1.807, 2.05) is 0 Å². The van der Waals surface area contributed by atoms with Crippen LogP contribution in [0.25, 0.3) is 0 Å². The summed E-state index contributed by atoms with van der Waals surface area (Å²) in [7, 11) is 0. The van der Waals surface area contributed by atoms with E-state index < -0.39 is 0 Å². The van der Waals surface area contributed by atoms with Crippen molar-refractivity contribution in [3.63, 3.8) is 0 Å². The first-order valence-electron chi connectivity index (χ1n) is 4.47. The predicted molar refractivity (Wildman–Crippen MR) is 53.2 cm³/mol. The zero-order valence-electron chi connectivity index (χ0n) is 8.14. The summed E-state index contributed by atoms with van der Waals surface area (Å²) >= 11 is 0. The number of aryl methyl sites for hydroxylation is 1. The lowest BCUT2D eigenvalue weighted by atomic mass is 10.3. The van der Waals surface area contributed by atoms with Gasteiger partial charge < -0.3 is 4.74 Å². The molecule has 3 nitrogen and oxygen atoms in total. The van der Waals surface area contributed by atoms with E-state index in [0.717, 1.165) is 0 Å². The minimum atomic E-state index is -0.293. The second-order valence-corrected chi connectivity index (χ2v) is 3.00. The van der Waals surface area contributed by atoms with Gasteiger partial charge in [0.1, 0.15) is 11.6 Å². The van der Waals surface area contributed by atoms with Gasteiger partial charge in [-0.3, -0.25) is 4.98 Å². The van der Waals surface area contributed by atoms with Crippen LogP contribution in [0, 0.1) is 12.7 Å². The lowest BCUT2D eigenvalue weighted by Gasteiger charge is -2.05. The molecule has 0 radical (unpaired) electrons. The van der Waals surface area contributed by atoms with Gasteiger partial charge in [-0.1, -0.05) is 0 Å². The maximum atomic E-state index is 12.6. The van der Waals surface area contributed by atoms with Crippen LogP contribution < -0.4 is 4.74 Å². The van der Waals surface area contributed by atoms with Gasteiger partial charge in [-0.15, -0.1) is 0 Å². The van der Waals surface area contributed by atoms with E-state index in [2.05, 4.69) is 9.97 Å². The molecular weight excluding hydrogens is 195 g/mol. The highest BCUT2D eigenvalue weighted by molar-refractivity contribution is 5.28. The van der Waals surface area contributed by atoms with Crippen molar-refractivity contribution in [3.05, 3.63) is 48.2 Å². The maximum Gasteiger partial charge on any atom is 0.240 e. The molecule has 1 aromatic heterocycles. The van der Waals surface area contributed by atoms with Crippen molar-refractivity contribution in [3.8, 4) is 11.6 Å². The molecule has 2 rings (SSSR count). The van der Waals surface area contributed by atoms with Crippen LogP contribution in [0.15, 0.2) is 36.7 Å². The summed E-state index contributed by atoms with van der Waals surface area (Å²) in [6.07, 6.45) is 3.14. The summed E-state index contributed by atoms with van der Waals surface area (Å²) in [4.78, 5) is 8.05. The molecule has 0 saturated carbocycles. The van der Waals surface area contributed by atoms with Crippen LogP contribution in [0.3, 0.4) is 0 Å². The highest BCUT2D eigenvalue weighted by Gasteiger charge is 2.02. The Morgan fingerprint density at radius 3 is 2.40 bits per heavy atom. The molecule has 0 saturated heterocycles. The quantitative estimate of drug-likeness (QED) is 0.754. The van der Waals surface area contributed by atoms with E-state index in [9.17, 15) is 4.39 Å². The van der Waals surface area contributed by atoms with Crippen LogP contribution in [0.5, 0.6) is 11.6 Å². The van der Waals surface area contributed by atoms with E-state index >= 15 is 0 Å². The van der Waals surface area contributed by atoms with Gasteiger partial charge in [0.05, 0.1) is 5.69 Å². The number of hydrogen-bond donors (Lipinski definition) is 0. The second-order valence-electron chi connectivity index (χ2n) is 3.00. The summed E-state index contributed by atoms with van der Waals surface area (Å²) in [6, 6.07) is 5.76. The summed E-state index contributed by atoms with van der Waals surface area (Å²) in [5.41, 5.74) is 0.696. The fourth-order valence-corrected chi connectivity index (χ4v) is 1.11. The topological polar surface area (TPSA) is 35.0 Å². The van der Waals surface area contributed by atoms with Crippen LogP contribution >= 0.6 is 0 Å². The molecule has 76 valence electrons. The molecule has 0 amide bonds. The van der Waals surface area contributed by atoms with Crippen molar-refractivity contribution in [2.24, 2.45) is 0 Å². The highest BCUT2D eigenvalue weighted by atomic mass is 19.1. The van der Waals surface area contributed by atoms with Gasteiger partial charge in [0, 0.05) is 12.4 Å².